The van der Waals surface area contributed by atoms with Crippen molar-refractivity contribution >= 4 is 40.1 Å². The largest absolute Gasteiger partial charge is 0.481 e. The molecule has 1 heterocycles. The summed E-state index contributed by atoms with van der Waals surface area (Å²) in [5, 5.41) is 26.4. The molecule has 1 saturated heterocycles. The molecule has 1 rings (SSSR count). The van der Waals surface area contributed by atoms with Crippen LogP contribution in [0.15, 0.2) is 11.9 Å². The van der Waals surface area contributed by atoms with Gasteiger partial charge in [-0.1, -0.05) is 0 Å². The molecule has 0 aromatic heterocycles. The van der Waals surface area contributed by atoms with E-state index in [0.29, 0.717) is 31.8 Å². The Bertz CT molecular complexity index is 825. The molecule has 0 bridgehead atoms. The molecule has 0 aromatic rings. The van der Waals surface area contributed by atoms with Crippen molar-refractivity contribution in [1.82, 2.24) is 30.8 Å². The van der Waals surface area contributed by atoms with Crippen molar-refractivity contribution in [3.63, 3.8) is 0 Å². The fourth-order valence-electron chi connectivity index (χ4n) is 3.44. The molecule has 0 aliphatic carbocycles. The van der Waals surface area contributed by atoms with E-state index in [0.717, 1.165) is 31.2 Å². The molecular weight excluding hydrogens is 554 g/mol. The molecule has 1 aliphatic heterocycles. The van der Waals surface area contributed by atoms with Gasteiger partial charge in [-0.2, -0.15) is 0 Å². The third-order valence-corrected chi connectivity index (χ3v) is 8.37. The Morgan fingerprint density at radius 3 is 1.92 bits per heavy atom. The van der Waals surface area contributed by atoms with Gasteiger partial charge in [-0.25, -0.2) is 5.84 Å². The summed E-state index contributed by atoms with van der Waals surface area (Å²) in [4.78, 5) is 69.9. The highest BCUT2D eigenvalue weighted by Crippen LogP contribution is 2.33. The molecule has 0 aromatic carbocycles. The maximum atomic E-state index is 12.2. The van der Waals surface area contributed by atoms with Crippen LogP contribution in [0.5, 0.6) is 0 Å². The Kier molecular flexibility index (Phi) is 17.7. The quantitative estimate of drug-likeness (QED) is 0.0463. The average molecular weight is 597 g/mol. The summed E-state index contributed by atoms with van der Waals surface area (Å²) in [5.41, 5.74) is 5.99. The number of amides is 2. The van der Waals surface area contributed by atoms with Gasteiger partial charge in [0.05, 0.1) is 13.0 Å². The van der Waals surface area contributed by atoms with Crippen LogP contribution in [-0.4, -0.2) is 142 Å². The number of carbonyl (C=O) groups is 4. The van der Waals surface area contributed by atoms with E-state index in [1.54, 1.807) is 0 Å². The normalized spacial score (nSPS) is 17.3. The fourth-order valence-corrected chi connectivity index (χ4v) is 6.12. The third-order valence-electron chi connectivity index (χ3n) is 5.43. The molecular formula is C21H42N8O8P2. The first-order chi connectivity index (χ1) is 18.4. The molecule has 1 aliphatic rings. The Labute approximate surface area is 230 Å². The molecule has 0 spiro atoms. The second kappa shape index (κ2) is 19.8. The lowest BCUT2D eigenvalue weighted by atomic mass is 10.4. The zero-order valence-electron chi connectivity index (χ0n) is 22.0. The summed E-state index contributed by atoms with van der Waals surface area (Å²) in [6.45, 7) is 3.49. The van der Waals surface area contributed by atoms with E-state index >= 15 is 0 Å². The molecule has 0 radical (unpaired) electrons. The van der Waals surface area contributed by atoms with Gasteiger partial charge in [-0.15, -0.1) is 0 Å². The minimum atomic E-state index is -1.42. The van der Waals surface area contributed by atoms with Gasteiger partial charge < -0.3 is 46.7 Å². The zero-order chi connectivity index (χ0) is 29.2. The first-order valence-corrected chi connectivity index (χ1v) is 15.7. The second-order valence-electron chi connectivity index (χ2n) is 8.95. The molecule has 11 N–H and O–H groups in total. The predicted molar refractivity (Wildman–Crippen MR) is 147 cm³/mol. The number of hydrogen-bond acceptors (Lipinski definition) is 12. The molecule has 2 unspecified atom stereocenters. The van der Waals surface area contributed by atoms with Crippen LogP contribution in [0.4, 0.5) is 0 Å². The number of nitrogens with zero attached hydrogens (tertiary/aromatic N) is 3. The molecule has 2 atom stereocenters. The monoisotopic (exact) mass is 596 g/mol. The van der Waals surface area contributed by atoms with Crippen LogP contribution in [0.2, 0.25) is 0 Å². The second-order valence-corrected chi connectivity index (χ2v) is 12.4. The molecule has 16 nitrogen and oxygen atoms in total. The minimum Gasteiger partial charge on any atom is -0.481 e. The van der Waals surface area contributed by atoms with Crippen molar-refractivity contribution < 1.29 is 39.2 Å². The average Bonchev–Trinajstić information content (AvgIpc) is 2.96. The van der Waals surface area contributed by atoms with E-state index in [-0.39, 0.29) is 43.7 Å². The van der Waals surface area contributed by atoms with Crippen LogP contribution in [0.25, 0.3) is 0 Å². The standard InChI is InChI=1S/C21H42N8O8P2/c22-17(13-29(23)14-19(31)26-12-21(34)35)11-25-18(30)1-9-38(36)15-27-5-3-24-4-6-28(8-7-27)16-39(37)10-2-20(32)33/h13,24,36-37H,1-12,14-16,22-23H2,(H,25,30)(H,26,31)(H,32,33)(H,34,35)/b17-13-. The Morgan fingerprint density at radius 1 is 0.846 bits per heavy atom. The van der Waals surface area contributed by atoms with Crippen LogP contribution < -0.4 is 27.5 Å². The maximum Gasteiger partial charge on any atom is 0.322 e. The van der Waals surface area contributed by atoms with Gasteiger partial charge in [-0.05, 0) is 0 Å². The third kappa shape index (κ3) is 18.7. The Morgan fingerprint density at radius 2 is 1.38 bits per heavy atom. The molecule has 224 valence electrons. The fraction of sp³-hybridized carbons (Fsp3) is 0.714. The zero-order valence-corrected chi connectivity index (χ0v) is 23.8. The maximum absolute atomic E-state index is 12.2. The lowest BCUT2D eigenvalue weighted by molar-refractivity contribution is -0.138. The van der Waals surface area contributed by atoms with E-state index in [1.165, 1.54) is 6.20 Å². The van der Waals surface area contributed by atoms with E-state index in [2.05, 4.69) is 25.8 Å². The van der Waals surface area contributed by atoms with E-state index in [4.69, 9.17) is 21.8 Å². The number of aliphatic carboxylic acids is 2. The number of nitrogens with one attached hydrogen (secondary N) is 3. The van der Waals surface area contributed by atoms with Gasteiger partial charge in [0, 0.05) is 98.8 Å². The molecule has 2 amide bonds. The van der Waals surface area contributed by atoms with Crippen LogP contribution >= 0.6 is 16.3 Å². The lowest BCUT2D eigenvalue weighted by Crippen LogP contribution is -2.41. The SMILES string of the molecule is N/C(=C\N(N)CC(=O)NCC(=O)O)CNC(=O)CCP(O)CN1CCNCCN(CP(O)CCC(=O)O)CC1. The van der Waals surface area contributed by atoms with Crippen molar-refractivity contribution in [3.05, 3.63) is 11.9 Å². The van der Waals surface area contributed by atoms with Crippen LogP contribution in [-0.2, 0) is 19.2 Å². The van der Waals surface area contributed by atoms with E-state index < -0.39 is 40.7 Å². The number of carboxylic acids is 2. The van der Waals surface area contributed by atoms with Crippen LogP contribution in [0.3, 0.4) is 0 Å². The lowest BCUT2D eigenvalue weighted by Gasteiger charge is -2.28. The summed E-state index contributed by atoms with van der Waals surface area (Å²) in [7, 11) is -2.80. The predicted octanol–water partition coefficient (Wildman–Crippen LogP) is -2.96. The number of hydrogen-bond donors (Lipinski definition) is 9. The summed E-state index contributed by atoms with van der Waals surface area (Å²) in [6.07, 6.45) is 2.78. The van der Waals surface area contributed by atoms with Gasteiger partial charge in [0.15, 0.2) is 0 Å². The van der Waals surface area contributed by atoms with Gasteiger partial charge >= 0.3 is 11.9 Å². The first-order valence-electron chi connectivity index (χ1n) is 12.4. The number of nitrogens with two attached hydrogens (primary N) is 2. The molecule has 39 heavy (non-hydrogen) atoms. The molecule has 1 fully saturated rings. The number of hydrazine groups is 1. The Hall–Kier alpha value is -2.16. The first kappa shape index (κ1) is 34.9. The molecule has 0 saturated carbocycles. The number of rotatable bonds is 17. The van der Waals surface area contributed by atoms with Crippen molar-refractivity contribution in [2.45, 2.75) is 12.8 Å². The summed E-state index contributed by atoms with van der Waals surface area (Å²) in [6, 6.07) is 0. The summed E-state index contributed by atoms with van der Waals surface area (Å²) < 4.78 is 0. The minimum absolute atomic E-state index is 0.0138. The summed E-state index contributed by atoms with van der Waals surface area (Å²) in [5.74, 6) is 2.64. The van der Waals surface area contributed by atoms with Crippen LogP contribution in [0.1, 0.15) is 12.8 Å². The van der Waals surface area contributed by atoms with Crippen molar-refractivity contribution in [2.24, 2.45) is 11.6 Å². The van der Waals surface area contributed by atoms with Crippen molar-refractivity contribution in [1.29, 1.82) is 0 Å². The topological polar surface area (TPSA) is 247 Å². The van der Waals surface area contributed by atoms with Crippen molar-refractivity contribution in [3.8, 4) is 0 Å². The van der Waals surface area contributed by atoms with Crippen molar-refractivity contribution in [2.75, 3.05) is 83.8 Å². The van der Waals surface area contributed by atoms with E-state index in [1.807, 2.05) is 0 Å². The molecule has 18 heteroatoms. The Balaban J connectivity index is 2.36. The highest BCUT2D eigenvalue weighted by molar-refractivity contribution is 7.51. The number of carboxylic acid groups (broad SMARTS) is 2. The van der Waals surface area contributed by atoms with Gasteiger partial charge in [-0.3, -0.25) is 29.0 Å². The van der Waals surface area contributed by atoms with Gasteiger partial charge in [0.25, 0.3) is 0 Å². The summed E-state index contributed by atoms with van der Waals surface area (Å²) >= 11 is 0. The number of carbonyl (C=O) groups excluding carboxylic acids is 2. The van der Waals surface area contributed by atoms with E-state index in [9.17, 15) is 29.0 Å². The van der Waals surface area contributed by atoms with Gasteiger partial charge in [0.1, 0.15) is 13.1 Å². The van der Waals surface area contributed by atoms with Gasteiger partial charge in [0.2, 0.25) is 11.8 Å². The smallest absolute Gasteiger partial charge is 0.322 e. The highest BCUT2D eigenvalue weighted by atomic mass is 31.1. The highest BCUT2D eigenvalue weighted by Gasteiger charge is 2.18. The van der Waals surface area contributed by atoms with Crippen LogP contribution in [0, 0.1) is 0 Å².